The minimum absolute atomic E-state index is 0.00463. The van der Waals surface area contributed by atoms with Gasteiger partial charge in [0, 0.05) is 0 Å². The van der Waals surface area contributed by atoms with Crippen LogP contribution >= 0.6 is 0 Å². The maximum absolute atomic E-state index is 10.5. The number of carbonyl (C=O) groups excluding carboxylic acids is 2. The molecule has 0 spiro atoms. The molecule has 1 rings (SSSR count). The van der Waals surface area contributed by atoms with E-state index >= 15 is 0 Å². The van der Waals surface area contributed by atoms with E-state index < -0.39 is 0 Å². The molecule has 1 N–H and O–H groups in total. The molecule has 3 nitrogen and oxygen atoms in total. The highest BCUT2D eigenvalue weighted by molar-refractivity contribution is 6.07. The highest BCUT2D eigenvalue weighted by Crippen LogP contribution is 1.99. The average Bonchev–Trinajstić information content (AvgIpc) is 1.85. The Bertz CT molecular complexity index is 141. The molecule has 0 aromatic heterocycles. The molecule has 1 aliphatic rings. The van der Waals surface area contributed by atoms with Gasteiger partial charge in [0.25, 0.3) is 0 Å². The Balaban J connectivity index is 2.64. The van der Waals surface area contributed by atoms with Gasteiger partial charge in [0.2, 0.25) is 5.91 Å². The first kappa shape index (κ1) is 5.28. The second kappa shape index (κ2) is 1.58. The number of nitrogens with one attached hydrogen (secondary N) is 1. The molecule has 0 unspecified atom stereocenters. The summed E-state index contributed by atoms with van der Waals surface area (Å²) in [4.78, 5) is 20.8. The van der Waals surface area contributed by atoms with Gasteiger partial charge < -0.3 is 5.32 Å². The Morgan fingerprint density at radius 3 is 2.38 bits per heavy atom. The molecular formula is C5H7NO2. The molecule has 44 valence electrons. The first-order valence-electron chi connectivity index (χ1n) is 2.52. The van der Waals surface area contributed by atoms with Crippen molar-refractivity contribution < 1.29 is 9.59 Å². The van der Waals surface area contributed by atoms with Crippen LogP contribution in [0.15, 0.2) is 0 Å². The van der Waals surface area contributed by atoms with Crippen LogP contribution in [0.2, 0.25) is 0 Å². The van der Waals surface area contributed by atoms with Crippen LogP contribution in [0.5, 0.6) is 0 Å². The molecule has 8 heavy (non-hydrogen) atoms. The molecule has 1 saturated heterocycles. The average molecular weight is 113 g/mol. The van der Waals surface area contributed by atoms with E-state index in [0.29, 0.717) is 0 Å². The third-order valence-electron chi connectivity index (χ3n) is 1.20. The fourth-order valence-electron chi connectivity index (χ4n) is 0.684. The predicted molar refractivity (Wildman–Crippen MR) is 27.2 cm³/mol. The Labute approximate surface area is 47.1 Å². The van der Waals surface area contributed by atoms with Gasteiger partial charge in [0.05, 0.1) is 12.5 Å². The molecule has 3 heteroatoms. The lowest BCUT2D eigenvalue weighted by Crippen LogP contribution is -2.25. The minimum atomic E-state index is -0.248. The molecule has 0 bridgehead atoms. The summed E-state index contributed by atoms with van der Waals surface area (Å²) < 4.78 is 0. The summed E-state index contributed by atoms with van der Waals surface area (Å²) in [5, 5.41) is 2.48. The van der Waals surface area contributed by atoms with Crippen LogP contribution in [-0.4, -0.2) is 17.7 Å². The molecule has 1 aliphatic heterocycles. The lowest BCUT2D eigenvalue weighted by atomic mass is 10.2. The van der Waals surface area contributed by atoms with Gasteiger partial charge in [-0.15, -0.1) is 0 Å². The molecule has 1 amide bonds. The molecule has 0 aliphatic carbocycles. The number of Topliss-reactive ketones (excluding diaryl/α,β-unsaturated/α-hetero) is 1. The summed E-state index contributed by atoms with van der Waals surface area (Å²) in [5.74, 6) is -0.155. The quantitative estimate of drug-likeness (QED) is 0.429. The van der Waals surface area contributed by atoms with E-state index in [9.17, 15) is 9.59 Å². The molecule has 0 aromatic rings. The van der Waals surface area contributed by atoms with Crippen LogP contribution < -0.4 is 5.32 Å². The minimum Gasteiger partial charge on any atom is -0.346 e. The molecule has 0 saturated carbocycles. The van der Waals surface area contributed by atoms with E-state index in [2.05, 4.69) is 5.32 Å². The summed E-state index contributed by atoms with van der Waals surface area (Å²) in [6.07, 6.45) is 0.0706. The van der Waals surface area contributed by atoms with Crippen LogP contribution in [0.4, 0.5) is 0 Å². The fraction of sp³-hybridized carbons (Fsp3) is 0.600. The van der Waals surface area contributed by atoms with Gasteiger partial charge in [-0.1, -0.05) is 0 Å². The second-order valence-electron chi connectivity index (χ2n) is 1.93. The predicted octanol–water partition coefficient (Wildman–Crippen LogP) is -0.536. The van der Waals surface area contributed by atoms with Gasteiger partial charge in [-0.3, -0.25) is 9.59 Å². The maximum atomic E-state index is 10.5. The SMILES string of the molecule is C[C@H]1NC(=O)CC1=O. The normalized spacial score (nSPS) is 28.4. The zero-order valence-electron chi connectivity index (χ0n) is 4.60. The van der Waals surface area contributed by atoms with E-state index in [-0.39, 0.29) is 24.2 Å². The molecule has 1 heterocycles. The zero-order valence-corrected chi connectivity index (χ0v) is 4.60. The van der Waals surface area contributed by atoms with Crippen molar-refractivity contribution >= 4 is 11.7 Å². The molecule has 0 radical (unpaired) electrons. The first-order valence-corrected chi connectivity index (χ1v) is 2.52. The number of amides is 1. The van der Waals surface area contributed by atoms with Crippen molar-refractivity contribution in [2.45, 2.75) is 19.4 Å². The smallest absolute Gasteiger partial charge is 0.228 e. The number of rotatable bonds is 0. The van der Waals surface area contributed by atoms with Crippen molar-refractivity contribution in [3.63, 3.8) is 0 Å². The number of carbonyl (C=O) groups is 2. The summed E-state index contributed by atoms with van der Waals surface area (Å²) in [7, 11) is 0. The number of hydrogen-bond donors (Lipinski definition) is 1. The van der Waals surface area contributed by atoms with Crippen molar-refractivity contribution in [1.29, 1.82) is 0 Å². The molecule has 1 atom stereocenters. The van der Waals surface area contributed by atoms with Crippen LogP contribution in [0.25, 0.3) is 0 Å². The van der Waals surface area contributed by atoms with Gasteiger partial charge in [-0.25, -0.2) is 0 Å². The lowest BCUT2D eigenvalue weighted by Gasteiger charge is -1.94. The van der Waals surface area contributed by atoms with E-state index in [1.54, 1.807) is 6.92 Å². The Morgan fingerprint density at radius 1 is 1.62 bits per heavy atom. The summed E-state index contributed by atoms with van der Waals surface area (Å²) in [6, 6.07) is -0.248. The van der Waals surface area contributed by atoms with Gasteiger partial charge in [-0.05, 0) is 6.92 Å². The topological polar surface area (TPSA) is 46.2 Å². The standard InChI is InChI=1S/C5H7NO2/c1-3-4(7)2-5(8)6-3/h3H,2H2,1H3,(H,6,8)/t3-/m1/s1. The van der Waals surface area contributed by atoms with Crippen molar-refractivity contribution in [2.24, 2.45) is 0 Å². The van der Waals surface area contributed by atoms with Crippen molar-refractivity contribution in [2.75, 3.05) is 0 Å². The summed E-state index contributed by atoms with van der Waals surface area (Å²) >= 11 is 0. The van der Waals surface area contributed by atoms with Gasteiger partial charge in [-0.2, -0.15) is 0 Å². The van der Waals surface area contributed by atoms with Crippen LogP contribution in [-0.2, 0) is 9.59 Å². The third kappa shape index (κ3) is 0.710. The highest BCUT2D eigenvalue weighted by Gasteiger charge is 2.25. The molecule has 0 aromatic carbocycles. The van der Waals surface area contributed by atoms with E-state index in [0.717, 1.165) is 0 Å². The Hall–Kier alpha value is -0.860. The number of hydrogen-bond acceptors (Lipinski definition) is 2. The summed E-state index contributed by atoms with van der Waals surface area (Å²) in [6.45, 7) is 1.69. The third-order valence-corrected chi connectivity index (χ3v) is 1.20. The Kier molecular flexibility index (Phi) is 1.04. The monoisotopic (exact) mass is 113 g/mol. The Morgan fingerprint density at radius 2 is 2.25 bits per heavy atom. The van der Waals surface area contributed by atoms with Crippen molar-refractivity contribution in [3.8, 4) is 0 Å². The fourth-order valence-corrected chi connectivity index (χ4v) is 0.684. The zero-order chi connectivity index (χ0) is 6.15. The lowest BCUT2D eigenvalue weighted by molar-refractivity contribution is -0.122. The van der Waals surface area contributed by atoms with E-state index in [4.69, 9.17) is 0 Å². The first-order chi connectivity index (χ1) is 3.70. The maximum Gasteiger partial charge on any atom is 0.228 e. The highest BCUT2D eigenvalue weighted by atomic mass is 16.2. The number of ketones is 1. The van der Waals surface area contributed by atoms with Crippen LogP contribution in [0.1, 0.15) is 13.3 Å². The largest absolute Gasteiger partial charge is 0.346 e. The second-order valence-corrected chi connectivity index (χ2v) is 1.93. The van der Waals surface area contributed by atoms with Crippen LogP contribution in [0, 0.1) is 0 Å². The van der Waals surface area contributed by atoms with E-state index in [1.807, 2.05) is 0 Å². The summed E-state index contributed by atoms with van der Waals surface area (Å²) in [5.41, 5.74) is 0. The van der Waals surface area contributed by atoms with Gasteiger partial charge in [0.1, 0.15) is 0 Å². The van der Waals surface area contributed by atoms with Gasteiger partial charge in [0.15, 0.2) is 5.78 Å². The molecular weight excluding hydrogens is 106 g/mol. The van der Waals surface area contributed by atoms with Crippen LogP contribution in [0.3, 0.4) is 0 Å². The van der Waals surface area contributed by atoms with Gasteiger partial charge >= 0.3 is 0 Å². The molecule has 1 fully saturated rings. The van der Waals surface area contributed by atoms with Crippen molar-refractivity contribution in [1.82, 2.24) is 5.32 Å². The van der Waals surface area contributed by atoms with E-state index in [1.165, 1.54) is 0 Å². The van der Waals surface area contributed by atoms with Crippen molar-refractivity contribution in [3.05, 3.63) is 0 Å².